The second-order valence-corrected chi connectivity index (χ2v) is 1.92. The summed E-state index contributed by atoms with van der Waals surface area (Å²) < 4.78 is 0. The van der Waals surface area contributed by atoms with Crippen molar-refractivity contribution < 1.29 is 4.92 Å². The number of H-pyrrole nitrogens is 1. The molecule has 1 heterocycles. The van der Waals surface area contributed by atoms with E-state index in [-0.39, 0.29) is 5.82 Å². The number of hydrogen-bond acceptors (Lipinski definition) is 3. The molecule has 1 aromatic rings. The summed E-state index contributed by atoms with van der Waals surface area (Å²) in [7, 11) is 0. The molecule has 0 aliphatic heterocycles. The average Bonchev–Trinajstić information content (AvgIpc) is 2.37. The molecule has 1 aromatic heterocycles. The van der Waals surface area contributed by atoms with Gasteiger partial charge >= 0.3 is 5.82 Å². The number of aromatic amines is 1. The SMILES string of the molecule is NC=Cc1ccc([N+](=O)[O-])[nH]1. The summed E-state index contributed by atoms with van der Waals surface area (Å²) in [5.74, 6) is -0.0295. The quantitative estimate of drug-likeness (QED) is 0.488. The molecule has 0 bridgehead atoms. The normalized spacial score (nSPS) is 10.5. The molecule has 0 spiro atoms. The number of aromatic nitrogens is 1. The van der Waals surface area contributed by atoms with E-state index < -0.39 is 4.92 Å². The first-order valence-electron chi connectivity index (χ1n) is 2.95. The van der Waals surface area contributed by atoms with E-state index in [1.165, 1.54) is 12.3 Å². The van der Waals surface area contributed by atoms with Gasteiger partial charge in [-0.15, -0.1) is 0 Å². The van der Waals surface area contributed by atoms with Gasteiger partial charge < -0.3 is 15.8 Å². The van der Waals surface area contributed by atoms with Crippen molar-refractivity contribution in [3.05, 3.63) is 34.1 Å². The summed E-state index contributed by atoms with van der Waals surface area (Å²) in [6.07, 6.45) is 2.86. The first-order chi connectivity index (χ1) is 5.24. The highest BCUT2D eigenvalue weighted by Gasteiger charge is 2.04. The predicted molar refractivity (Wildman–Crippen MR) is 40.7 cm³/mol. The van der Waals surface area contributed by atoms with E-state index in [4.69, 9.17) is 5.73 Å². The van der Waals surface area contributed by atoms with Gasteiger partial charge in [0, 0.05) is 12.1 Å². The van der Waals surface area contributed by atoms with Crippen LogP contribution in [0.15, 0.2) is 18.3 Å². The van der Waals surface area contributed by atoms with Gasteiger partial charge in [0.1, 0.15) is 5.69 Å². The van der Waals surface area contributed by atoms with Crippen LogP contribution < -0.4 is 5.73 Å². The molecule has 0 fully saturated rings. The number of nitrogens with two attached hydrogens (primary N) is 1. The lowest BCUT2D eigenvalue weighted by Crippen LogP contribution is -1.86. The number of hydrogen-bond donors (Lipinski definition) is 2. The maximum absolute atomic E-state index is 10.1. The smallest absolute Gasteiger partial charge is 0.321 e. The van der Waals surface area contributed by atoms with Gasteiger partial charge in [-0.3, -0.25) is 0 Å². The van der Waals surface area contributed by atoms with Crippen LogP contribution in [-0.2, 0) is 0 Å². The van der Waals surface area contributed by atoms with Crippen molar-refractivity contribution in [2.75, 3.05) is 0 Å². The Labute approximate surface area is 62.7 Å². The van der Waals surface area contributed by atoms with Crippen molar-refractivity contribution in [2.45, 2.75) is 0 Å². The van der Waals surface area contributed by atoms with Crippen LogP contribution in [-0.4, -0.2) is 9.91 Å². The molecular weight excluding hydrogens is 146 g/mol. The molecule has 11 heavy (non-hydrogen) atoms. The fraction of sp³-hybridized carbons (Fsp3) is 0. The summed E-state index contributed by atoms with van der Waals surface area (Å²) in [4.78, 5) is 12.2. The van der Waals surface area contributed by atoms with E-state index in [2.05, 4.69) is 4.98 Å². The molecule has 0 atom stereocenters. The Bertz CT molecular complexity index is 290. The van der Waals surface area contributed by atoms with Gasteiger partial charge in [-0.25, -0.2) is 4.98 Å². The lowest BCUT2D eigenvalue weighted by molar-refractivity contribution is -0.389. The lowest BCUT2D eigenvalue weighted by atomic mass is 10.4. The van der Waals surface area contributed by atoms with Crippen LogP contribution in [0.25, 0.3) is 6.08 Å². The summed E-state index contributed by atoms with van der Waals surface area (Å²) in [5, 5.41) is 10.1. The summed E-state index contributed by atoms with van der Waals surface area (Å²) >= 11 is 0. The number of rotatable bonds is 2. The minimum absolute atomic E-state index is 0.0295. The second-order valence-electron chi connectivity index (χ2n) is 1.92. The van der Waals surface area contributed by atoms with Crippen LogP contribution in [0.3, 0.4) is 0 Å². The van der Waals surface area contributed by atoms with Crippen LogP contribution in [0.4, 0.5) is 5.82 Å². The fourth-order valence-corrected chi connectivity index (χ4v) is 0.707. The van der Waals surface area contributed by atoms with Gasteiger partial charge in [0.25, 0.3) is 0 Å². The molecule has 1 rings (SSSR count). The van der Waals surface area contributed by atoms with Crippen LogP contribution in [0.2, 0.25) is 0 Å². The Morgan fingerprint density at radius 2 is 2.36 bits per heavy atom. The third kappa shape index (κ3) is 1.57. The Kier molecular flexibility index (Phi) is 1.91. The molecule has 5 heteroatoms. The topological polar surface area (TPSA) is 84.9 Å². The van der Waals surface area contributed by atoms with Crippen molar-refractivity contribution in [1.82, 2.24) is 4.98 Å². The summed E-state index contributed by atoms with van der Waals surface area (Å²) in [6, 6.07) is 2.97. The average molecular weight is 153 g/mol. The Hall–Kier alpha value is -1.78. The minimum atomic E-state index is -0.492. The Morgan fingerprint density at radius 1 is 1.64 bits per heavy atom. The molecule has 58 valence electrons. The zero-order valence-corrected chi connectivity index (χ0v) is 5.65. The van der Waals surface area contributed by atoms with Crippen LogP contribution >= 0.6 is 0 Å². The van der Waals surface area contributed by atoms with Crippen molar-refractivity contribution in [2.24, 2.45) is 5.73 Å². The van der Waals surface area contributed by atoms with Crippen LogP contribution in [0.5, 0.6) is 0 Å². The molecule has 0 amide bonds. The minimum Gasteiger partial charge on any atom is -0.404 e. The fourth-order valence-electron chi connectivity index (χ4n) is 0.707. The highest BCUT2D eigenvalue weighted by Crippen LogP contribution is 2.10. The lowest BCUT2D eigenvalue weighted by Gasteiger charge is -1.85. The van der Waals surface area contributed by atoms with Crippen molar-refractivity contribution >= 4 is 11.9 Å². The molecule has 0 saturated carbocycles. The van der Waals surface area contributed by atoms with Gasteiger partial charge in [0.15, 0.2) is 0 Å². The van der Waals surface area contributed by atoms with E-state index in [1.807, 2.05) is 0 Å². The zero-order valence-electron chi connectivity index (χ0n) is 5.65. The van der Waals surface area contributed by atoms with Crippen LogP contribution in [0.1, 0.15) is 5.69 Å². The predicted octanol–water partition coefficient (Wildman–Crippen LogP) is 0.852. The number of nitrogens with zero attached hydrogens (tertiary/aromatic N) is 1. The summed E-state index contributed by atoms with van der Waals surface area (Å²) in [5.41, 5.74) is 5.70. The third-order valence-corrected chi connectivity index (χ3v) is 1.17. The van der Waals surface area contributed by atoms with Crippen molar-refractivity contribution in [3.8, 4) is 0 Å². The maximum atomic E-state index is 10.1. The second kappa shape index (κ2) is 2.87. The van der Waals surface area contributed by atoms with Crippen molar-refractivity contribution in [3.63, 3.8) is 0 Å². The van der Waals surface area contributed by atoms with Crippen LogP contribution in [0, 0.1) is 10.1 Å². The van der Waals surface area contributed by atoms with E-state index in [0.717, 1.165) is 0 Å². The van der Waals surface area contributed by atoms with E-state index in [0.29, 0.717) is 5.69 Å². The maximum Gasteiger partial charge on any atom is 0.321 e. The highest BCUT2D eigenvalue weighted by molar-refractivity contribution is 5.47. The first kappa shape index (κ1) is 7.33. The van der Waals surface area contributed by atoms with Gasteiger partial charge in [-0.1, -0.05) is 0 Å². The Balaban J connectivity index is 2.90. The number of nitrogens with one attached hydrogen (secondary N) is 1. The third-order valence-electron chi connectivity index (χ3n) is 1.17. The summed E-state index contributed by atoms with van der Waals surface area (Å²) in [6.45, 7) is 0. The van der Waals surface area contributed by atoms with E-state index >= 15 is 0 Å². The Morgan fingerprint density at radius 3 is 2.82 bits per heavy atom. The number of nitro groups is 1. The molecule has 0 aliphatic carbocycles. The van der Waals surface area contributed by atoms with E-state index in [9.17, 15) is 10.1 Å². The molecule has 0 aromatic carbocycles. The molecular formula is C6H7N3O2. The van der Waals surface area contributed by atoms with Gasteiger partial charge in [0.2, 0.25) is 0 Å². The standard InChI is InChI=1S/C6H7N3O2/c7-4-3-5-1-2-6(8-5)9(10)11/h1-4,8H,7H2. The van der Waals surface area contributed by atoms with E-state index in [1.54, 1.807) is 12.1 Å². The molecule has 0 unspecified atom stereocenters. The monoisotopic (exact) mass is 153 g/mol. The van der Waals surface area contributed by atoms with Crippen molar-refractivity contribution in [1.29, 1.82) is 0 Å². The molecule has 3 N–H and O–H groups in total. The molecule has 0 radical (unpaired) electrons. The van der Waals surface area contributed by atoms with Gasteiger partial charge in [-0.2, -0.15) is 0 Å². The van der Waals surface area contributed by atoms with Gasteiger partial charge in [0.05, 0.1) is 0 Å². The largest absolute Gasteiger partial charge is 0.404 e. The van der Waals surface area contributed by atoms with Gasteiger partial charge in [-0.05, 0) is 17.2 Å². The molecule has 0 aliphatic rings. The molecule has 0 saturated heterocycles. The zero-order chi connectivity index (χ0) is 8.27. The first-order valence-corrected chi connectivity index (χ1v) is 2.95. The molecule has 5 nitrogen and oxygen atoms in total. The highest BCUT2D eigenvalue weighted by atomic mass is 16.6.